The summed E-state index contributed by atoms with van der Waals surface area (Å²) in [4.78, 5) is 25.4. The van der Waals surface area contributed by atoms with Gasteiger partial charge in [-0.2, -0.15) is 0 Å². The fourth-order valence-electron chi connectivity index (χ4n) is 1.03. The highest BCUT2D eigenvalue weighted by Crippen LogP contribution is 2.05. The van der Waals surface area contributed by atoms with Crippen LogP contribution in [0.4, 0.5) is 0 Å². The van der Waals surface area contributed by atoms with E-state index in [1.165, 1.54) is 6.07 Å². The molecule has 1 aromatic rings. The van der Waals surface area contributed by atoms with Gasteiger partial charge in [0.25, 0.3) is 0 Å². The second-order valence-corrected chi connectivity index (χ2v) is 3.05. The van der Waals surface area contributed by atoms with E-state index in [9.17, 15) is 9.59 Å². The van der Waals surface area contributed by atoms with Crippen LogP contribution >= 0.6 is 12.2 Å². The molecule has 0 aliphatic carbocycles. The molecule has 0 radical (unpaired) electrons. The van der Waals surface area contributed by atoms with Crippen molar-refractivity contribution in [3.05, 3.63) is 29.6 Å². The zero-order chi connectivity index (χ0) is 11.1. The first-order valence-corrected chi connectivity index (χ1v) is 5.05. The largest absolute Gasteiger partial charge is 0.370 e. The molecule has 6 heteroatoms. The van der Waals surface area contributed by atoms with E-state index in [0.717, 1.165) is 6.29 Å². The minimum atomic E-state index is -0.588. The predicted octanol–water partition coefficient (Wildman–Crippen LogP) is 0.892. The molecule has 0 unspecified atom stereocenters. The standard InChI is InChI=1S/C9H10N2O3S/c10-15-14-9(13)8-5-1-3-7(11-8)4-2-6-12/h1,3,5-6H,2,4,10H2. The molecule has 1 aromatic heterocycles. The first kappa shape index (κ1) is 11.7. The number of nitrogens with zero attached hydrogens (tertiary/aromatic N) is 1. The molecule has 15 heavy (non-hydrogen) atoms. The van der Waals surface area contributed by atoms with Crippen LogP contribution in [0.15, 0.2) is 18.2 Å². The number of rotatable bonds is 5. The summed E-state index contributed by atoms with van der Waals surface area (Å²) in [6, 6.07) is 4.96. The molecule has 1 rings (SSSR count). The molecule has 5 nitrogen and oxygen atoms in total. The van der Waals surface area contributed by atoms with Crippen LogP contribution in [0.1, 0.15) is 22.6 Å². The molecule has 0 aromatic carbocycles. The summed E-state index contributed by atoms with van der Waals surface area (Å²) >= 11 is 0.483. The van der Waals surface area contributed by atoms with Crippen LogP contribution in [-0.4, -0.2) is 17.2 Å². The van der Waals surface area contributed by atoms with Crippen molar-refractivity contribution in [3.8, 4) is 0 Å². The van der Waals surface area contributed by atoms with Gasteiger partial charge in [-0.15, -0.1) is 0 Å². The number of nitrogens with two attached hydrogens (primary N) is 1. The van der Waals surface area contributed by atoms with E-state index in [1.54, 1.807) is 12.1 Å². The van der Waals surface area contributed by atoms with Crippen molar-refractivity contribution in [2.45, 2.75) is 12.8 Å². The number of aromatic nitrogens is 1. The fraction of sp³-hybridized carbons (Fsp3) is 0.222. The maximum Gasteiger partial charge on any atom is 0.370 e. The maximum absolute atomic E-state index is 11.2. The van der Waals surface area contributed by atoms with Crippen LogP contribution in [0.25, 0.3) is 0 Å². The summed E-state index contributed by atoms with van der Waals surface area (Å²) in [5.74, 6) is -0.588. The quantitative estimate of drug-likeness (QED) is 0.456. The van der Waals surface area contributed by atoms with Crippen molar-refractivity contribution in [2.75, 3.05) is 0 Å². The SMILES string of the molecule is NSOC(=O)c1cccc(CCC=O)n1. The molecule has 0 aliphatic heterocycles. The first-order chi connectivity index (χ1) is 7.27. The van der Waals surface area contributed by atoms with Crippen LogP contribution in [0.5, 0.6) is 0 Å². The summed E-state index contributed by atoms with van der Waals surface area (Å²) in [5.41, 5.74) is 0.870. The van der Waals surface area contributed by atoms with Gasteiger partial charge in [-0.1, -0.05) is 6.07 Å². The Hall–Kier alpha value is -1.40. The van der Waals surface area contributed by atoms with Crippen molar-refractivity contribution in [2.24, 2.45) is 5.14 Å². The molecule has 0 aliphatic rings. The van der Waals surface area contributed by atoms with E-state index in [2.05, 4.69) is 9.17 Å². The highest BCUT2D eigenvalue weighted by atomic mass is 32.2. The Bertz CT molecular complexity index is 357. The normalized spacial score (nSPS) is 9.67. The molecule has 1 heterocycles. The number of hydrogen-bond donors (Lipinski definition) is 1. The number of hydrogen-bond acceptors (Lipinski definition) is 6. The molecular weight excluding hydrogens is 216 g/mol. The Labute approximate surface area is 91.4 Å². The predicted molar refractivity (Wildman–Crippen MR) is 55.8 cm³/mol. The van der Waals surface area contributed by atoms with Gasteiger partial charge in [-0.05, 0) is 18.6 Å². The van der Waals surface area contributed by atoms with Gasteiger partial charge in [-0.25, -0.2) is 14.9 Å². The van der Waals surface area contributed by atoms with Gasteiger partial charge in [0, 0.05) is 12.1 Å². The molecule has 0 spiro atoms. The van der Waals surface area contributed by atoms with E-state index >= 15 is 0 Å². The highest BCUT2D eigenvalue weighted by Gasteiger charge is 2.09. The number of carbonyl (C=O) groups is 2. The van der Waals surface area contributed by atoms with Gasteiger partial charge in [-0.3, -0.25) is 0 Å². The Balaban J connectivity index is 2.73. The van der Waals surface area contributed by atoms with E-state index in [1.807, 2.05) is 0 Å². The van der Waals surface area contributed by atoms with Crippen LogP contribution in [0.3, 0.4) is 0 Å². The zero-order valence-electron chi connectivity index (χ0n) is 7.88. The third kappa shape index (κ3) is 3.69. The van der Waals surface area contributed by atoms with E-state index in [0.29, 0.717) is 30.8 Å². The lowest BCUT2D eigenvalue weighted by molar-refractivity contribution is -0.107. The zero-order valence-corrected chi connectivity index (χ0v) is 8.70. The van der Waals surface area contributed by atoms with E-state index in [4.69, 9.17) is 5.14 Å². The monoisotopic (exact) mass is 226 g/mol. The third-order valence-corrected chi connectivity index (χ3v) is 1.91. The molecule has 0 amide bonds. The molecule has 80 valence electrons. The maximum atomic E-state index is 11.2. The Morgan fingerprint density at radius 1 is 1.60 bits per heavy atom. The molecule has 0 atom stereocenters. The minimum Gasteiger partial charge on any atom is -0.370 e. The van der Waals surface area contributed by atoms with Crippen molar-refractivity contribution in [1.29, 1.82) is 0 Å². The van der Waals surface area contributed by atoms with Gasteiger partial charge in [0.05, 0.1) is 0 Å². The van der Waals surface area contributed by atoms with Gasteiger partial charge >= 0.3 is 5.97 Å². The lowest BCUT2D eigenvalue weighted by Gasteiger charge is -2.01. The van der Waals surface area contributed by atoms with Crippen molar-refractivity contribution in [3.63, 3.8) is 0 Å². The van der Waals surface area contributed by atoms with Crippen LogP contribution < -0.4 is 5.14 Å². The number of aryl methyl sites for hydroxylation is 1. The summed E-state index contributed by atoms with van der Waals surface area (Å²) in [5, 5.41) is 4.98. The molecule has 2 N–H and O–H groups in total. The van der Waals surface area contributed by atoms with Crippen molar-refractivity contribution >= 4 is 24.5 Å². The Morgan fingerprint density at radius 2 is 2.40 bits per heavy atom. The molecular formula is C9H10N2O3S. The molecule has 0 saturated heterocycles. The van der Waals surface area contributed by atoms with Crippen LogP contribution in [-0.2, 0) is 15.4 Å². The summed E-state index contributed by atoms with van der Waals surface area (Å²) in [6.07, 6.45) is 1.71. The van der Waals surface area contributed by atoms with E-state index in [-0.39, 0.29) is 5.69 Å². The minimum absolute atomic E-state index is 0.191. The highest BCUT2D eigenvalue weighted by molar-refractivity contribution is 7.92. The third-order valence-electron chi connectivity index (χ3n) is 1.66. The summed E-state index contributed by atoms with van der Waals surface area (Å²) in [7, 11) is 0. The number of carbonyl (C=O) groups excluding carboxylic acids is 2. The smallest absolute Gasteiger partial charge is 0.370 e. The number of aldehydes is 1. The van der Waals surface area contributed by atoms with Gasteiger partial charge in [0.15, 0.2) is 0 Å². The topological polar surface area (TPSA) is 82.3 Å². The van der Waals surface area contributed by atoms with E-state index < -0.39 is 5.97 Å². The van der Waals surface area contributed by atoms with Gasteiger partial charge < -0.3 is 8.98 Å². The van der Waals surface area contributed by atoms with Gasteiger partial charge in [0.1, 0.15) is 24.2 Å². The van der Waals surface area contributed by atoms with Gasteiger partial charge in [0.2, 0.25) is 0 Å². The molecule has 0 bridgehead atoms. The van der Waals surface area contributed by atoms with Crippen LogP contribution in [0, 0.1) is 0 Å². The Kier molecular flexibility index (Phi) is 4.79. The van der Waals surface area contributed by atoms with Crippen molar-refractivity contribution < 1.29 is 13.8 Å². The molecule has 0 fully saturated rings. The lowest BCUT2D eigenvalue weighted by atomic mass is 10.2. The summed E-state index contributed by atoms with van der Waals surface area (Å²) < 4.78 is 4.51. The fourth-order valence-corrected chi connectivity index (χ4v) is 1.20. The average Bonchev–Trinajstić information content (AvgIpc) is 2.27. The Morgan fingerprint density at radius 3 is 3.07 bits per heavy atom. The summed E-state index contributed by atoms with van der Waals surface area (Å²) in [6.45, 7) is 0. The van der Waals surface area contributed by atoms with Crippen molar-refractivity contribution in [1.82, 2.24) is 4.98 Å². The molecule has 0 saturated carbocycles. The van der Waals surface area contributed by atoms with Crippen LogP contribution in [0.2, 0.25) is 0 Å². The number of pyridine rings is 1. The first-order valence-electron chi connectivity index (χ1n) is 4.25. The second kappa shape index (κ2) is 6.15. The second-order valence-electron chi connectivity index (χ2n) is 2.69. The average molecular weight is 226 g/mol. The lowest BCUT2D eigenvalue weighted by Crippen LogP contribution is -2.06.